The van der Waals surface area contributed by atoms with Gasteiger partial charge in [-0.2, -0.15) is 0 Å². The standard InChI is InChI=1S/C48H31NS/c1-3-15-32(16-4-1)49(33-17-5-2-6-18-33)34-27-28-41-43(29-34)39-23-11-9-21-37(39)35-19-7-8-20-36(35)38-22-10-12-24-40(38)45-31-48-46(30-44(41)45)42-25-13-14-26-47(42)50-48/h1-31H. The Kier molecular flexibility index (Phi) is 6.75. The van der Waals surface area contributed by atoms with E-state index in [0.717, 1.165) is 17.1 Å². The minimum absolute atomic E-state index is 1.12. The lowest BCUT2D eigenvalue weighted by atomic mass is 9.93. The summed E-state index contributed by atoms with van der Waals surface area (Å²) in [4.78, 5) is 2.36. The van der Waals surface area contributed by atoms with Gasteiger partial charge in [-0.05, 0) is 108 Å². The van der Waals surface area contributed by atoms with E-state index in [1.165, 1.54) is 74.0 Å². The van der Waals surface area contributed by atoms with E-state index < -0.39 is 0 Å². The highest BCUT2D eigenvalue weighted by Crippen LogP contribution is 2.43. The normalized spacial score (nSPS) is 11.6. The molecule has 50 heavy (non-hydrogen) atoms. The van der Waals surface area contributed by atoms with E-state index in [1.807, 2.05) is 11.3 Å². The minimum atomic E-state index is 1.12. The van der Waals surface area contributed by atoms with Gasteiger partial charge in [-0.1, -0.05) is 133 Å². The monoisotopic (exact) mass is 653 g/mol. The summed E-state index contributed by atoms with van der Waals surface area (Å²) in [6, 6.07) is 69.0. The van der Waals surface area contributed by atoms with Crippen molar-refractivity contribution in [1.82, 2.24) is 0 Å². The van der Waals surface area contributed by atoms with Gasteiger partial charge in [-0.3, -0.25) is 0 Å². The van der Waals surface area contributed by atoms with Crippen LogP contribution in [0.3, 0.4) is 0 Å². The summed E-state index contributed by atoms with van der Waals surface area (Å²) in [6.45, 7) is 0. The van der Waals surface area contributed by atoms with Gasteiger partial charge in [0.25, 0.3) is 0 Å². The van der Waals surface area contributed by atoms with E-state index in [1.54, 1.807) is 0 Å². The number of thiophene rings is 1. The van der Waals surface area contributed by atoms with Gasteiger partial charge >= 0.3 is 0 Å². The second-order valence-corrected chi connectivity index (χ2v) is 13.9. The molecule has 0 amide bonds. The third-order valence-corrected chi connectivity index (χ3v) is 11.2. The maximum Gasteiger partial charge on any atom is 0.0468 e. The van der Waals surface area contributed by atoms with E-state index >= 15 is 0 Å². The van der Waals surface area contributed by atoms with Crippen LogP contribution in [-0.4, -0.2) is 0 Å². The minimum Gasteiger partial charge on any atom is -0.310 e. The summed E-state index contributed by atoms with van der Waals surface area (Å²) in [5, 5.41) is 15.0. The summed E-state index contributed by atoms with van der Waals surface area (Å²) in [7, 11) is 0. The molecular formula is C48H31NS. The number of rotatable bonds is 3. The second kappa shape index (κ2) is 11.7. The van der Waals surface area contributed by atoms with Crippen LogP contribution in [-0.2, 0) is 0 Å². The molecule has 0 saturated heterocycles. The molecule has 0 aliphatic heterocycles. The summed E-state index contributed by atoms with van der Waals surface area (Å²) in [6.07, 6.45) is 0. The lowest BCUT2D eigenvalue weighted by Gasteiger charge is -2.26. The zero-order chi connectivity index (χ0) is 33.0. The summed E-state index contributed by atoms with van der Waals surface area (Å²) in [5.41, 5.74) is 3.36. The van der Waals surface area contributed by atoms with Gasteiger partial charge in [0.05, 0.1) is 0 Å². The molecule has 0 unspecified atom stereocenters. The number of fused-ring (bicyclic) bond motifs is 13. The van der Waals surface area contributed by atoms with Crippen molar-refractivity contribution in [2.45, 2.75) is 0 Å². The van der Waals surface area contributed by atoms with Crippen molar-refractivity contribution in [2.24, 2.45) is 0 Å². The van der Waals surface area contributed by atoms with Crippen LogP contribution in [0.1, 0.15) is 0 Å². The van der Waals surface area contributed by atoms with Crippen LogP contribution in [0.2, 0.25) is 0 Å². The topological polar surface area (TPSA) is 3.24 Å². The Bertz CT molecular complexity index is 2940. The molecule has 0 bridgehead atoms. The van der Waals surface area contributed by atoms with Crippen molar-refractivity contribution in [3.63, 3.8) is 0 Å². The molecule has 0 radical (unpaired) electrons. The Morgan fingerprint density at radius 2 is 0.640 bits per heavy atom. The number of nitrogens with zero attached hydrogens (tertiary/aromatic N) is 1. The van der Waals surface area contributed by atoms with Gasteiger partial charge in [0.15, 0.2) is 0 Å². The summed E-state index contributed by atoms with van der Waals surface area (Å²) in [5.74, 6) is 0. The quantitative estimate of drug-likeness (QED) is 0.183. The smallest absolute Gasteiger partial charge is 0.0468 e. The molecule has 1 nitrogen and oxygen atoms in total. The fourth-order valence-corrected chi connectivity index (χ4v) is 8.93. The van der Waals surface area contributed by atoms with Crippen LogP contribution in [0.5, 0.6) is 0 Å². The average molecular weight is 654 g/mol. The third kappa shape index (κ3) is 4.61. The van der Waals surface area contributed by atoms with Crippen LogP contribution in [0.15, 0.2) is 188 Å². The van der Waals surface area contributed by atoms with Crippen molar-refractivity contribution in [2.75, 3.05) is 4.90 Å². The number of benzene rings is 8. The first-order valence-electron chi connectivity index (χ1n) is 17.1. The van der Waals surface area contributed by atoms with Crippen molar-refractivity contribution in [1.29, 1.82) is 0 Å². The van der Waals surface area contributed by atoms with Crippen LogP contribution >= 0.6 is 11.3 Å². The predicted molar refractivity (Wildman–Crippen MR) is 219 cm³/mol. The van der Waals surface area contributed by atoms with Gasteiger partial charge in [0.1, 0.15) is 0 Å². The lowest BCUT2D eigenvalue weighted by Crippen LogP contribution is -2.09. The zero-order valence-corrected chi connectivity index (χ0v) is 28.1. The molecule has 1 aromatic heterocycles. The fraction of sp³-hybridized carbons (Fsp3) is 0. The molecule has 2 heteroatoms. The second-order valence-electron chi connectivity index (χ2n) is 12.9. The molecule has 0 fully saturated rings. The fourth-order valence-electron chi connectivity index (χ4n) is 7.81. The molecular weight excluding hydrogens is 623 g/mol. The Morgan fingerprint density at radius 1 is 0.240 bits per heavy atom. The molecule has 1 heterocycles. The van der Waals surface area contributed by atoms with Crippen LogP contribution in [0, 0.1) is 0 Å². The van der Waals surface area contributed by atoms with E-state index in [4.69, 9.17) is 0 Å². The molecule has 0 spiro atoms. The summed E-state index contributed by atoms with van der Waals surface area (Å²) >= 11 is 1.88. The largest absolute Gasteiger partial charge is 0.310 e. The number of para-hydroxylation sites is 2. The number of hydrogen-bond acceptors (Lipinski definition) is 2. The first-order valence-corrected chi connectivity index (χ1v) is 17.9. The van der Waals surface area contributed by atoms with Crippen LogP contribution in [0.4, 0.5) is 17.1 Å². The van der Waals surface area contributed by atoms with E-state index in [2.05, 4.69) is 193 Å². The lowest BCUT2D eigenvalue weighted by molar-refractivity contribution is 1.29. The van der Waals surface area contributed by atoms with Gasteiger partial charge in [0, 0.05) is 37.2 Å². The number of anilines is 3. The van der Waals surface area contributed by atoms with Gasteiger partial charge in [-0.15, -0.1) is 11.3 Å². The molecule has 0 atom stereocenters. The maximum atomic E-state index is 2.46. The molecule has 234 valence electrons. The predicted octanol–water partition coefficient (Wildman–Crippen LogP) is 14.4. The van der Waals surface area contributed by atoms with Crippen molar-refractivity contribution in [3.8, 4) is 0 Å². The molecule has 0 aliphatic carbocycles. The SMILES string of the molecule is c1ccc(N(c2ccccc2)c2ccc3c(c2)c2ccccc2c2ccccc2c2ccccc2c2cc4sc5ccccc5c4cc32)cc1. The average Bonchev–Trinajstić information content (AvgIpc) is 3.56. The third-order valence-electron chi connectivity index (χ3n) is 10.0. The van der Waals surface area contributed by atoms with Crippen LogP contribution in [0.25, 0.3) is 74.0 Å². The van der Waals surface area contributed by atoms with Gasteiger partial charge in [-0.25, -0.2) is 0 Å². The van der Waals surface area contributed by atoms with Gasteiger partial charge in [0.2, 0.25) is 0 Å². The molecule has 10 rings (SSSR count). The Morgan fingerprint density at radius 3 is 1.18 bits per heavy atom. The Balaban J connectivity index is 1.47. The van der Waals surface area contributed by atoms with Crippen molar-refractivity contribution in [3.05, 3.63) is 188 Å². The maximum absolute atomic E-state index is 2.46. The highest BCUT2D eigenvalue weighted by atomic mass is 32.1. The van der Waals surface area contributed by atoms with Gasteiger partial charge < -0.3 is 4.90 Å². The first kappa shape index (κ1) is 28.8. The Hall–Kier alpha value is -6.22. The van der Waals surface area contributed by atoms with Crippen molar-refractivity contribution < 1.29 is 0 Å². The Labute approximate surface area is 294 Å². The molecule has 0 saturated carbocycles. The van der Waals surface area contributed by atoms with E-state index in [-0.39, 0.29) is 0 Å². The van der Waals surface area contributed by atoms with Crippen LogP contribution < -0.4 is 4.90 Å². The summed E-state index contributed by atoms with van der Waals surface area (Å²) < 4.78 is 2.62. The van der Waals surface area contributed by atoms with Crippen molar-refractivity contribution >= 4 is 102 Å². The molecule has 0 N–H and O–H groups in total. The first-order chi connectivity index (χ1) is 24.8. The highest BCUT2D eigenvalue weighted by molar-refractivity contribution is 7.25. The molecule has 10 aromatic rings. The highest BCUT2D eigenvalue weighted by Gasteiger charge is 2.16. The van der Waals surface area contributed by atoms with E-state index in [0.29, 0.717) is 0 Å². The zero-order valence-electron chi connectivity index (χ0n) is 27.3. The number of hydrogen-bond donors (Lipinski definition) is 0. The molecule has 0 aliphatic rings. The van der Waals surface area contributed by atoms with E-state index in [9.17, 15) is 0 Å². The molecule has 9 aromatic carbocycles.